The number of ether oxygens (including phenoxy) is 2. The Labute approximate surface area is 182 Å². The highest BCUT2D eigenvalue weighted by Gasteiger charge is 2.14. The molecule has 3 rings (SSSR count). The average molecular weight is 436 g/mol. The number of nitrogens with zero attached hydrogens (tertiary/aromatic N) is 1. The van der Waals surface area contributed by atoms with Crippen molar-refractivity contribution >= 4 is 29.2 Å². The molecule has 1 aliphatic rings. The van der Waals surface area contributed by atoms with Gasteiger partial charge in [0, 0.05) is 43.4 Å². The molecule has 0 saturated carbocycles. The van der Waals surface area contributed by atoms with Crippen molar-refractivity contribution in [3.63, 3.8) is 0 Å². The summed E-state index contributed by atoms with van der Waals surface area (Å²) in [5.41, 5.74) is 3.31. The molecule has 156 valence electrons. The van der Waals surface area contributed by atoms with E-state index < -0.39 is 0 Å². The van der Waals surface area contributed by atoms with Crippen LogP contribution in [0.1, 0.15) is 29.5 Å². The Morgan fingerprint density at radius 2 is 1.83 bits per heavy atom. The van der Waals surface area contributed by atoms with Gasteiger partial charge in [-0.05, 0) is 41.7 Å². The lowest BCUT2D eigenvalue weighted by Crippen LogP contribution is -2.36. The second kappa shape index (κ2) is 11.4. The highest BCUT2D eigenvalue weighted by molar-refractivity contribution is 6.35. The topological polar surface area (TPSA) is 54.9 Å². The molecule has 0 radical (unpaired) electrons. The predicted molar refractivity (Wildman–Crippen MR) is 119 cm³/mol. The molecule has 5 nitrogen and oxygen atoms in total. The average Bonchev–Trinajstić information content (AvgIpc) is 2.74. The minimum absolute atomic E-state index is 0.299. The molecule has 7 heteroatoms. The standard InChI is InChI=1S/C22H27Cl2N3O2/c1-25-22(27-14-18-5-6-19(23)12-21(18)24)26-13-16-3-2-4-17(11-16)15-29-20-7-9-28-10-8-20/h2-6,11-12,20H,7-10,13-15H2,1H3,(H2,25,26,27). The molecule has 1 fully saturated rings. The van der Waals surface area contributed by atoms with Crippen molar-refractivity contribution in [1.29, 1.82) is 0 Å². The summed E-state index contributed by atoms with van der Waals surface area (Å²) in [6.07, 6.45) is 2.25. The van der Waals surface area contributed by atoms with Gasteiger partial charge in [0.2, 0.25) is 0 Å². The molecule has 0 atom stereocenters. The van der Waals surface area contributed by atoms with Gasteiger partial charge in [0.15, 0.2) is 5.96 Å². The van der Waals surface area contributed by atoms with E-state index >= 15 is 0 Å². The van der Waals surface area contributed by atoms with Gasteiger partial charge in [-0.25, -0.2) is 0 Å². The lowest BCUT2D eigenvalue weighted by molar-refractivity contribution is -0.0390. The number of nitrogens with one attached hydrogen (secondary N) is 2. The maximum absolute atomic E-state index is 6.23. The van der Waals surface area contributed by atoms with E-state index in [0.717, 1.165) is 31.6 Å². The Morgan fingerprint density at radius 1 is 1.07 bits per heavy atom. The van der Waals surface area contributed by atoms with Crippen molar-refractivity contribution in [2.45, 2.75) is 38.6 Å². The molecule has 0 aromatic heterocycles. The number of rotatable bonds is 7. The van der Waals surface area contributed by atoms with Crippen LogP contribution in [0.4, 0.5) is 0 Å². The highest BCUT2D eigenvalue weighted by Crippen LogP contribution is 2.20. The summed E-state index contributed by atoms with van der Waals surface area (Å²) in [4.78, 5) is 4.27. The molecule has 2 aromatic rings. The summed E-state index contributed by atoms with van der Waals surface area (Å²) in [6.45, 7) is 3.44. The maximum atomic E-state index is 6.23. The van der Waals surface area contributed by atoms with Crippen molar-refractivity contribution in [1.82, 2.24) is 10.6 Å². The number of guanidine groups is 1. The van der Waals surface area contributed by atoms with Gasteiger partial charge >= 0.3 is 0 Å². The fraction of sp³-hybridized carbons (Fsp3) is 0.409. The summed E-state index contributed by atoms with van der Waals surface area (Å²) < 4.78 is 11.4. The minimum atomic E-state index is 0.299. The third-order valence-corrected chi connectivity index (χ3v) is 5.38. The Bertz CT molecular complexity index is 823. The molecule has 0 spiro atoms. The van der Waals surface area contributed by atoms with Gasteiger partial charge in [-0.1, -0.05) is 53.5 Å². The Morgan fingerprint density at radius 3 is 2.59 bits per heavy atom. The number of benzene rings is 2. The first kappa shape index (κ1) is 21.9. The minimum Gasteiger partial charge on any atom is -0.381 e. The van der Waals surface area contributed by atoms with Gasteiger partial charge in [0.25, 0.3) is 0 Å². The number of hydrogen-bond acceptors (Lipinski definition) is 3. The molecule has 1 aliphatic heterocycles. The summed E-state index contributed by atoms with van der Waals surface area (Å²) in [6, 6.07) is 13.9. The summed E-state index contributed by atoms with van der Waals surface area (Å²) in [5, 5.41) is 7.87. The van der Waals surface area contributed by atoms with Gasteiger partial charge in [-0.2, -0.15) is 0 Å². The summed E-state index contributed by atoms with van der Waals surface area (Å²) >= 11 is 12.2. The Balaban J connectivity index is 1.47. The van der Waals surface area contributed by atoms with E-state index in [4.69, 9.17) is 32.7 Å². The van der Waals surface area contributed by atoms with Crippen LogP contribution in [0, 0.1) is 0 Å². The number of hydrogen-bond donors (Lipinski definition) is 2. The third kappa shape index (κ3) is 7.19. The van der Waals surface area contributed by atoms with Crippen LogP contribution in [0.3, 0.4) is 0 Å². The molecule has 0 bridgehead atoms. The second-order valence-electron chi connectivity index (χ2n) is 6.96. The molecule has 2 N–H and O–H groups in total. The van der Waals surface area contributed by atoms with Gasteiger partial charge in [-0.3, -0.25) is 4.99 Å². The number of aliphatic imine (C=N–C) groups is 1. The van der Waals surface area contributed by atoms with E-state index in [1.165, 1.54) is 11.1 Å². The third-order valence-electron chi connectivity index (χ3n) is 4.79. The lowest BCUT2D eigenvalue weighted by atomic mass is 10.1. The van der Waals surface area contributed by atoms with Crippen molar-refractivity contribution in [2.24, 2.45) is 4.99 Å². The van der Waals surface area contributed by atoms with Crippen LogP contribution < -0.4 is 10.6 Å². The normalized spacial score (nSPS) is 15.3. The first-order valence-corrected chi connectivity index (χ1v) is 10.6. The van der Waals surface area contributed by atoms with Gasteiger partial charge in [0.05, 0.1) is 12.7 Å². The molecular weight excluding hydrogens is 409 g/mol. The van der Waals surface area contributed by atoms with Crippen molar-refractivity contribution in [2.75, 3.05) is 20.3 Å². The zero-order chi connectivity index (χ0) is 20.5. The van der Waals surface area contributed by atoms with Crippen LogP contribution in [0.25, 0.3) is 0 Å². The van der Waals surface area contributed by atoms with Gasteiger partial charge in [0.1, 0.15) is 0 Å². The molecule has 1 saturated heterocycles. The molecule has 0 amide bonds. The largest absolute Gasteiger partial charge is 0.381 e. The van der Waals surface area contributed by atoms with Crippen LogP contribution >= 0.6 is 23.2 Å². The molecule has 0 aliphatic carbocycles. The molecule has 0 unspecified atom stereocenters. The summed E-state index contributed by atoms with van der Waals surface area (Å²) in [7, 11) is 1.75. The van der Waals surface area contributed by atoms with Gasteiger partial charge in [-0.15, -0.1) is 0 Å². The highest BCUT2D eigenvalue weighted by atomic mass is 35.5. The van der Waals surface area contributed by atoms with E-state index in [0.29, 0.717) is 41.8 Å². The van der Waals surface area contributed by atoms with Crippen LogP contribution in [0.15, 0.2) is 47.5 Å². The number of halogens is 2. The van der Waals surface area contributed by atoms with Gasteiger partial charge < -0.3 is 20.1 Å². The van der Waals surface area contributed by atoms with E-state index in [2.05, 4.69) is 39.9 Å². The lowest BCUT2D eigenvalue weighted by Gasteiger charge is -2.22. The molecular formula is C22H27Cl2N3O2. The zero-order valence-corrected chi connectivity index (χ0v) is 18.1. The second-order valence-corrected chi connectivity index (χ2v) is 7.80. The van der Waals surface area contributed by atoms with Crippen LogP contribution in [0.5, 0.6) is 0 Å². The van der Waals surface area contributed by atoms with E-state index in [9.17, 15) is 0 Å². The zero-order valence-electron chi connectivity index (χ0n) is 16.6. The van der Waals surface area contributed by atoms with Crippen molar-refractivity contribution in [3.05, 3.63) is 69.2 Å². The molecule has 29 heavy (non-hydrogen) atoms. The van der Waals surface area contributed by atoms with E-state index in [1.807, 2.05) is 12.1 Å². The SMILES string of the molecule is CN=C(NCc1cccc(COC2CCOCC2)c1)NCc1ccc(Cl)cc1Cl. The first-order chi connectivity index (χ1) is 14.1. The maximum Gasteiger partial charge on any atom is 0.191 e. The van der Waals surface area contributed by atoms with Crippen molar-refractivity contribution < 1.29 is 9.47 Å². The fourth-order valence-corrected chi connectivity index (χ4v) is 3.61. The smallest absolute Gasteiger partial charge is 0.191 e. The van der Waals surface area contributed by atoms with Crippen LogP contribution in [-0.4, -0.2) is 32.3 Å². The molecule has 2 aromatic carbocycles. The fourth-order valence-electron chi connectivity index (χ4n) is 3.14. The predicted octanol–water partition coefficient (Wildman–Crippen LogP) is 4.55. The quantitative estimate of drug-likeness (QED) is 0.494. The monoisotopic (exact) mass is 435 g/mol. The molecule has 1 heterocycles. The van der Waals surface area contributed by atoms with E-state index in [1.54, 1.807) is 13.1 Å². The van der Waals surface area contributed by atoms with E-state index in [-0.39, 0.29) is 0 Å². The Hall–Kier alpha value is -1.79. The van der Waals surface area contributed by atoms with Crippen LogP contribution in [-0.2, 0) is 29.2 Å². The summed E-state index contributed by atoms with van der Waals surface area (Å²) in [5.74, 6) is 0.708. The first-order valence-electron chi connectivity index (χ1n) is 9.79. The van der Waals surface area contributed by atoms with Crippen LogP contribution in [0.2, 0.25) is 10.0 Å². The van der Waals surface area contributed by atoms with Crippen molar-refractivity contribution in [3.8, 4) is 0 Å². The Kier molecular flexibility index (Phi) is 8.62.